The van der Waals surface area contributed by atoms with E-state index in [0.717, 1.165) is 18.4 Å². The summed E-state index contributed by atoms with van der Waals surface area (Å²) in [6, 6.07) is 0.537. The van der Waals surface area contributed by atoms with Gasteiger partial charge in [-0.1, -0.05) is 20.3 Å². The fourth-order valence-electron chi connectivity index (χ4n) is 2.43. The molecule has 1 saturated carbocycles. The van der Waals surface area contributed by atoms with Gasteiger partial charge in [0.15, 0.2) is 5.96 Å². The third-order valence-corrected chi connectivity index (χ3v) is 3.41. The molecule has 3 N–H and O–H groups in total. The summed E-state index contributed by atoms with van der Waals surface area (Å²) in [6.45, 7) is 7.35. The molecule has 0 aromatic rings. The van der Waals surface area contributed by atoms with Crippen LogP contribution in [0.25, 0.3) is 0 Å². The van der Waals surface area contributed by atoms with Gasteiger partial charge in [-0.15, -0.1) is 0 Å². The zero-order chi connectivity index (χ0) is 10.6. The van der Waals surface area contributed by atoms with Gasteiger partial charge in [-0.3, -0.25) is 4.99 Å². The summed E-state index contributed by atoms with van der Waals surface area (Å²) >= 11 is 0. The van der Waals surface area contributed by atoms with E-state index in [1.54, 1.807) is 0 Å². The lowest BCUT2D eigenvalue weighted by atomic mass is 9.94. The lowest BCUT2D eigenvalue weighted by Crippen LogP contribution is -2.42. The molecular weight excluding hydrogens is 174 g/mol. The minimum atomic E-state index is 0.537. The molecule has 82 valence electrons. The second-order valence-electron chi connectivity index (χ2n) is 4.22. The smallest absolute Gasteiger partial charge is 0.188 e. The van der Waals surface area contributed by atoms with Crippen molar-refractivity contribution in [2.45, 2.75) is 46.1 Å². The molecule has 0 heterocycles. The molecule has 0 aliphatic heterocycles. The third-order valence-electron chi connectivity index (χ3n) is 3.41. The molecule has 0 saturated heterocycles. The lowest BCUT2D eigenvalue weighted by Gasteiger charge is -2.21. The molecule has 1 rings (SSSR count). The highest BCUT2D eigenvalue weighted by Gasteiger charge is 2.31. The maximum absolute atomic E-state index is 5.75. The number of rotatable bonds is 3. The lowest BCUT2D eigenvalue weighted by molar-refractivity contribution is 0.368. The largest absolute Gasteiger partial charge is 0.370 e. The van der Waals surface area contributed by atoms with Gasteiger partial charge in [0.25, 0.3) is 0 Å². The van der Waals surface area contributed by atoms with Crippen molar-refractivity contribution in [3.8, 4) is 0 Å². The molecule has 1 fully saturated rings. The van der Waals surface area contributed by atoms with Crippen LogP contribution in [0.3, 0.4) is 0 Å². The Morgan fingerprint density at radius 3 is 2.64 bits per heavy atom. The Morgan fingerprint density at radius 1 is 1.43 bits per heavy atom. The van der Waals surface area contributed by atoms with Crippen LogP contribution in [-0.4, -0.2) is 18.5 Å². The Labute approximate surface area is 87.2 Å². The van der Waals surface area contributed by atoms with Crippen LogP contribution >= 0.6 is 0 Å². The maximum Gasteiger partial charge on any atom is 0.188 e. The molecule has 14 heavy (non-hydrogen) atoms. The molecule has 3 heteroatoms. The fourth-order valence-corrected chi connectivity index (χ4v) is 2.43. The van der Waals surface area contributed by atoms with Gasteiger partial charge in [0.2, 0.25) is 0 Å². The number of aliphatic imine (C=N–C) groups is 1. The van der Waals surface area contributed by atoms with E-state index >= 15 is 0 Å². The first-order valence-corrected chi connectivity index (χ1v) is 5.75. The summed E-state index contributed by atoms with van der Waals surface area (Å²) in [7, 11) is 0. The Bertz CT molecular complexity index is 201. The molecule has 1 aliphatic carbocycles. The molecular formula is C11H23N3. The van der Waals surface area contributed by atoms with Crippen LogP contribution in [0, 0.1) is 11.8 Å². The number of hydrogen-bond donors (Lipinski definition) is 2. The van der Waals surface area contributed by atoms with Crippen LogP contribution < -0.4 is 11.1 Å². The average Bonchev–Trinajstić information content (AvgIpc) is 2.48. The van der Waals surface area contributed by atoms with Crippen molar-refractivity contribution in [1.29, 1.82) is 0 Å². The SMILES string of the molecule is CCN=C(N)NC1CCC(CC)C1C. The van der Waals surface area contributed by atoms with E-state index in [0.29, 0.717) is 12.0 Å². The van der Waals surface area contributed by atoms with Gasteiger partial charge in [-0.05, 0) is 31.6 Å². The van der Waals surface area contributed by atoms with Gasteiger partial charge in [0.1, 0.15) is 0 Å². The first kappa shape index (κ1) is 11.3. The quantitative estimate of drug-likeness (QED) is 0.535. The van der Waals surface area contributed by atoms with Crippen LogP contribution in [0.5, 0.6) is 0 Å². The maximum atomic E-state index is 5.75. The van der Waals surface area contributed by atoms with Crippen LogP contribution in [0.4, 0.5) is 0 Å². The fraction of sp³-hybridized carbons (Fsp3) is 0.909. The number of hydrogen-bond acceptors (Lipinski definition) is 1. The van der Waals surface area contributed by atoms with Gasteiger partial charge in [-0.25, -0.2) is 0 Å². The average molecular weight is 197 g/mol. The number of nitrogens with zero attached hydrogens (tertiary/aromatic N) is 1. The summed E-state index contributed by atoms with van der Waals surface area (Å²) in [5, 5.41) is 3.32. The highest BCUT2D eigenvalue weighted by Crippen LogP contribution is 2.33. The zero-order valence-electron chi connectivity index (χ0n) is 9.59. The van der Waals surface area contributed by atoms with E-state index in [4.69, 9.17) is 5.73 Å². The monoisotopic (exact) mass is 197 g/mol. The highest BCUT2D eigenvalue weighted by molar-refractivity contribution is 5.78. The Kier molecular flexibility index (Phi) is 4.23. The molecule has 0 radical (unpaired) electrons. The highest BCUT2D eigenvalue weighted by atomic mass is 15.1. The third kappa shape index (κ3) is 2.63. The molecule has 1 aliphatic rings. The summed E-state index contributed by atoms with van der Waals surface area (Å²) in [4.78, 5) is 4.16. The Hall–Kier alpha value is -0.730. The van der Waals surface area contributed by atoms with Gasteiger partial charge in [0, 0.05) is 12.6 Å². The summed E-state index contributed by atoms with van der Waals surface area (Å²) in [5.74, 6) is 2.20. The van der Waals surface area contributed by atoms with Crippen molar-refractivity contribution in [3.05, 3.63) is 0 Å². The van der Waals surface area contributed by atoms with Crippen molar-refractivity contribution >= 4 is 5.96 Å². The topological polar surface area (TPSA) is 50.4 Å². The molecule has 3 unspecified atom stereocenters. The Morgan fingerprint density at radius 2 is 2.14 bits per heavy atom. The summed E-state index contributed by atoms with van der Waals surface area (Å²) in [5.41, 5.74) is 5.75. The Balaban J connectivity index is 2.43. The van der Waals surface area contributed by atoms with E-state index in [1.807, 2.05) is 6.92 Å². The molecule has 0 bridgehead atoms. The van der Waals surface area contributed by atoms with Crippen LogP contribution in [0.1, 0.15) is 40.0 Å². The van der Waals surface area contributed by atoms with E-state index < -0.39 is 0 Å². The molecule has 3 nitrogen and oxygen atoms in total. The minimum Gasteiger partial charge on any atom is -0.370 e. The van der Waals surface area contributed by atoms with Crippen molar-refractivity contribution in [1.82, 2.24) is 5.32 Å². The second kappa shape index (κ2) is 5.23. The van der Waals surface area contributed by atoms with Crippen molar-refractivity contribution < 1.29 is 0 Å². The van der Waals surface area contributed by atoms with Gasteiger partial charge in [0.05, 0.1) is 0 Å². The molecule has 0 aromatic heterocycles. The zero-order valence-corrected chi connectivity index (χ0v) is 9.59. The van der Waals surface area contributed by atoms with Gasteiger partial charge >= 0.3 is 0 Å². The van der Waals surface area contributed by atoms with E-state index in [9.17, 15) is 0 Å². The first-order valence-electron chi connectivity index (χ1n) is 5.75. The summed E-state index contributed by atoms with van der Waals surface area (Å²) < 4.78 is 0. The van der Waals surface area contributed by atoms with E-state index in [-0.39, 0.29) is 0 Å². The van der Waals surface area contributed by atoms with Crippen molar-refractivity contribution in [3.63, 3.8) is 0 Å². The second-order valence-corrected chi connectivity index (χ2v) is 4.22. The van der Waals surface area contributed by atoms with Crippen LogP contribution in [0.15, 0.2) is 4.99 Å². The normalized spacial score (nSPS) is 33.4. The van der Waals surface area contributed by atoms with Crippen molar-refractivity contribution in [2.24, 2.45) is 22.6 Å². The number of nitrogens with two attached hydrogens (primary N) is 1. The van der Waals surface area contributed by atoms with Gasteiger partial charge < -0.3 is 11.1 Å². The first-order chi connectivity index (χ1) is 6.69. The van der Waals surface area contributed by atoms with E-state index in [1.165, 1.54) is 19.3 Å². The van der Waals surface area contributed by atoms with Crippen LogP contribution in [-0.2, 0) is 0 Å². The number of guanidine groups is 1. The molecule has 0 spiro atoms. The van der Waals surface area contributed by atoms with Gasteiger partial charge in [-0.2, -0.15) is 0 Å². The number of nitrogens with one attached hydrogen (secondary N) is 1. The van der Waals surface area contributed by atoms with Crippen LogP contribution in [0.2, 0.25) is 0 Å². The standard InChI is InChI=1S/C11H23N3/c1-4-9-6-7-10(8(9)3)14-11(12)13-5-2/h8-10H,4-7H2,1-3H3,(H3,12,13,14). The minimum absolute atomic E-state index is 0.537. The molecule has 3 atom stereocenters. The molecule has 0 amide bonds. The van der Waals surface area contributed by atoms with Crippen molar-refractivity contribution in [2.75, 3.05) is 6.54 Å². The predicted molar refractivity (Wildman–Crippen MR) is 61.3 cm³/mol. The molecule has 0 aromatic carbocycles. The van der Waals surface area contributed by atoms with E-state index in [2.05, 4.69) is 24.2 Å². The summed E-state index contributed by atoms with van der Waals surface area (Å²) in [6.07, 6.45) is 3.85. The predicted octanol–water partition coefficient (Wildman–Crippen LogP) is 1.74.